The van der Waals surface area contributed by atoms with Gasteiger partial charge in [0.05, 0.1) is 18.7 Å². The van der Waals surface area contributed by atoms with E-state index in [-0.39, 0.29) is 5.92 Å². The highest BCUT2D eigenvalue weighted by Crippen LogP contribution is 2.24. The van der Waals surface area contributed by atoms with E-state index in [0.29, 0.717) is 6.54 Å². The number of carboxylic acids is 1. The molecule has 0 aromatic heterocycles. The first kappa shape index (κ1) is 23.8. The summed E-state index contributed by atoms with van der Waals surface area (Å²) in [7, 11) is 0. The average molecular weight is 422 g/mol. The number of hydrogen-bond donors (Lipinski definition) is 6. The van der Waals surface area contributed by atoms with Crippen molar-refractivity contribution in [1.29, 1.82) is 0 Å². The standard InChI is InChI=1S/C21H30N2O7/c1-12(14-6-4-3-5-7-14)8-9-22-15-10-17(21(28)29)30-20(18(15)23-13(2)25)19(27)16(26)11-24/h3-7,10,12,15-16,18-20,22,24,26-27H,8-9,11H2,1-2H3,(H,23,25)(H,28,29)/t12?,15-,16+,18+,19+,20+/m0/s1. The van der Waals surface area contributed by atoms with Crippen molar-refractivity contribution >= 4 is 11.9 Å². The molecule has 0 spiro atoms. The summed E-state index contributed by atoms with van der Waals surface area (Å²) >= 11 is 0. The van der Waals surface area contributed by atoms with E-state index in [2.05, 4.69) is 17.6 Å². The number of amides is 1. The minimum absolute atomic E-state index is 0.248. The number of carbonyl (C=O) groups is 2. The van der Waals surface area contributed by atoms with E-state index in [0.717, 1.165) is 6.42 Å². The van der Waals surface area contributed by atoms with Crippen molar-refractivity contribution in [3.05, 3.63) is 47.7 Å². The molecule has 0 aliphatic carbocycles. The third-order valence-corrected chi connectivity index (χ3v) is 5.16. The minimum Gasteiger partial charge on any atom is -0.478 e. The zero-order valence-corrected chi connectivity index (χ0v) is 17.1. The Morgan fingerprint density at radius 2 is 1.87 bits per heavy atom. The summed E-state index contributed by atoms with van der Waals surface area (Å²) in [6, 6.07) is 8.42. The molecule has 0 fully saturated rings. The highest BCUT2D eigenvalue weighted by atomic mass is 16.5. The van der Waals surface area contributed by atoms with Gasteiger partial charge in [-0.05, 0) is 30.5 Å². The Bertz CT molecular complexity index is 740. The lowest BCUT2D eigenvalue weighted by Crippen LogP contribution is -2.63. The summed E-state index contributed by atoms with van der Waals surface area (Å²) in [5.41, 5.74) is 1.17. The van der Waals surface area contributed by atoms with Crippen LogP contribution in [-0.2, 0) is 14.3 Å². The Kier molecular flexibility index (Phi) is 8.79. The summed E-state index contributed by atoms with van der Waals surface area (Å²) in [5, 5.41) is 44.6. The Morgan fingerprint density at radius 1 is 1.20 bits per heavy atom. The molecule has 9 nitrogen and oxygen atoms in total. The second-order valence-electron chi connectivity index (χ2n) is 7.47. The number of aliphatic hydroxyl groups is 3. The first-order chi connectivity index (χ1) is 14.2. The van der Waals surface area contributed by atoms with Crippen molar-refractivity contribution in [1.82, 2.24) is 10.6 Å². The molecule has 30 heavy (non-hydrogen) atoms. The van der Waals surface area contributed by atoms with E-state index >= 15 is 0 Å². The molecule has 1 aliphatic rings. The van der Waals surface area contributed by atoms with Gasteiger partial charge in [-0.1, -0.05) is 37.3 Å². The molecule has 6 N–H and O–H groups in total. The summed E-state index contributed by atoms with van der Waals surface area (Å²) in [5.74, 6) is -1.90. The van der Waals surface area contributed by atoms with Gasteiger partial charge in [0.1, 0.15) is 18.3 Å². The molecule has 0 saturated carbocycles. The van der Waals surface area contributed by atoms with Gasteiger partial charge in [0, 0.05) is 6.92 Å². The molecule has 1 amide bonds. The Labute approximate surface area is 175 Å². The molecule has 1 heterocycles. The van der Waals surface area contributed by atoms with Crippen molar-refractivity contribution in [2.75, 3.05) is 13.2 Å². The number of carbonyl (C=O) groups excluding carboxylic acids is 1. The zero-order chi connectivity index (χ0) is 22.3. The van der Waals surface area contributed by atoms with Crippen molar-refractivity contribution in [2.45, 2.75) is 56.6 Å². The molecule has 9 heteroatoms. The number of aliphatic hydroxyl groups excluding tert-OH is 3. The predicted molar refractivity (Wildman–Crippen MR) is 109 cm³/mol. The van der Waals surface area contributed by atoms with Gasteiger partial charge in [0.15, 0.2) is 0 Å². The second kappa shape index (κ2) is 11.1. The van der Waals surface area contributed by atoms with Crippen molar-refractivity contribution in [3.8, 4) is 0 Å². The maximum Gasteiger partial charge on any atom is 0.370 e. The largest absolute Gasteiger partial charge is 0.478 e. The third kappa shape index (κ3) is 6.27. The Morgan fingerprint density at radius 3 is 2.43 bits per heavy atom. The molecule has 1 unspecified atom stereocenters. The molecular formula is C21H30N2O7. The number of nitrogens with one attached hydrogen (secondary N) is 2. The fourth-order valence-electron chi connectivity index (χ4n) is 3.47. The van der Waals surface area contributed by atoms with Crippen LogP contribution >= 0.6 is 0 Å². The van der Waals surface area contributed by atoms with Gasteiger partial charge in [-0.3, -0.25) is 4.79 Å². The maximum atomic E-state index is 11.7. The fourth-order valence-corrected chi connectivity index (χ4v) is 3.47. The lowest BCUT2D eigenvalue weighted by atomic mass is 9.91. The topological polar surface area (TPSA) is 148 Å². The quantitative estimate of drug-likeness (QED) is 0.302. The van der Waals surface area contributed by atoms with Crippen molar-refractivity contribution < 1.29 is 34.8 Å². The molecule has 1 aliphatic heterocycles. The first-order valence-electron chi connectivity index (χ1n) is 9.88. The SMILES string of the molecule is CC(=O)N[C@H]1[C@H]([C@H](O)[C@H](O)CO)OC(C(=O)O)=C[C@@H]1NCCC(C)c1ccccc1. The fraction of sp³-hybridized carbons (Fsp3) is 0.524. The molecule has 1 aromatic carbocycles. The number of benzene rings is 1. The van der Waals surface area contributed by atoms with Gasteiger partial charge < -0.3 is 35.8 Å². The van der Waals surface area contributed by atoms with Crippen LogP contribution in [0.1, 0.15) is 31.7 Å². The third-order valence-electron chi connectivity index (χ3n) is 5.16. The maximum absolute atomic E-state index is 11.7. The van der Waals surface area contributed by atoms with Crippen molar-refractivity contribution in [3.63, 3.8) is 0 Å². The van der Waals surface area contributed by atoms with Gasteiger partial charge in [-0.25, -0.2) is 4.79 Å². The number of carboxylic acid groups (broad SMARTS) is 1. The van der Waals surface area contributed by atoms with Crippen LogP contribution in [0.25, 0.3) is 0 Å². The Balaban J connectivity index is 2.17. The van der Waals surface area contributed by atoms with Crippen molar-refractivity contribution in [2.24, 2.45) is 0 Å². The molecule has 0 saturated heterocycles. The molecule has 0 bridgehead atoms. The number of rotatable bonds is 10. The molecular weight excluding hydrogens is 392 g/mol. The molecule has 2 rings (SSSR count). The lowest BCUT2D eigenvalue weighted by Gasteiger charge is -2.40. The highest BCUT2D eigenvalue weighted by molar-refractivity contribution is 5.84. The van der Waals surface area contributed by atoms with Gasteiger partial charge in [-0.2, -0.15) is 0 Å². The molecule has 0 radical (unpaired) electrons. The highest BCUT2D eigenvalue weighted by Gasteiger charge is 2.43. The van der Waals surface area contributed by atoms with Crippen LogP contribution in [0.5, 0.6) is 0 Å². The van der Waals surface area contributed by atoms with Gasteiger partial charge in [-0.15, -0.1) is 0 Å². The summed E-state index contributed by atoms with van der Waals surface area (Å²) < 4.78 is 5.36. The summed E-state index contributed by atoms with van der Waals surface area (Å²) in [4.78, 5) is 23.2. The van der Waals surface area contributed by atoms with E-state index < -0.39 is 54.6 Å². The summed E-state index contributed by atoms with van der Waals surface area (Å²) in [6.45, 7) is 3.13. The van der Waals surface area contributed by atoms with Crippen LogP contribution in [-0.4, -0.2) is 75.8 Å². The van der Waals surface area contributed by atoms with Crippen LogP contribution in [0.4, 0.5) is 0 Å². The van der Waals surface area contributed by atoms with E-state index in [1.165, 1.54) is 18.6 Å². The molecule has 166 valence electrons. The smallest absolute Gasteiger partial charge is 0.370 e. The minimum atomic E-state index is -1.61. The van der Waals surface area contributed by atoms with Gasteiger partial charge >= 0.3 is 5.97 Å². The van der Waals surface area contributed by atoms with Crippen LogP contribution in [0.2, 0.25) is 0 Å². The van der Waals surface area contributed by atoms with Crippen LogP contribution in [0.3, 0.4) is 0 Å². The number of aliphatic carboxylic acids is 1. The van der Waals surface area contributed by atoms with Gasteiger partial charge in [0.2, 0.25) is 11.7 Å². The zero-order valence-electron chi connectivity index (χ0n) is 17.1. The normalized spacial score (nSPS) is 24.2. The number of ether oxygens (including phenoxy) is 1. The molecule has 1 aromatic rings. The van der Waals surface area contributed by atoms with E-state index in [4.69, 9.17) is 9.84 Å². The summed E-state index contributed by atoms with van der Waals surface area (Å²) in [6.07, 6.45) is -2.35. The van der Waals surface area contributed by atoms with Crippen LogP contribution < -0.4 is 10.6 Å². The Hall–Kier alpha value is -2.46. The van der Waals surface area contributed by atoms with E-state index in [1.807, 2.05) is 30.3 Å². The van der Waals surface area contributed by atoms with Gasteiger partial charge in [0.25, 0.3) is 0 Å². The first-order valence-corrected chi connectivity index (χ1v) is 9.88. The second-order valence-corrected chi connectivity index (χ2v) is 7.47. The van der Waals surface area contributed by atoms with Crippen LogP contribution in [0, 0.1) is 0 Å². The lowest BCUT2D eigenvalue weighted by molar-refractivity contribution is -0.146. The number of hydrogen-bond acceptors (Lipinski definition) is 7. The van der Waals surface area contributed by atoms with E-state index in [9.17, 15) is 24.9 Å². The molecule has 6 atom stereocenters. The van der Waals surface area contributed by atoms with Crippen LogP contribution in [0.15, 0.2) is 42.2 Å². The predicted octanol–water partition coefficient (Wildman–Crippen LogP) is -0.275. The van der Waals surface area contributed by atoms with E-state index in [1.54, 1.807) is 0 Å². The monoisotopic (exact) mass is 422 g/mol. The average Bonchev–Trinajstić information content (AvgIpc) is 2.73.